The van der Waals surface area contributed by atoms with Crippen LogP contribution in [0, 0.1) is 0 Å². The molecule has 1 aromatic rings. The Balaban J connectivity index is 3.24. The molecule has 0 saturated carbocycles. The first-order valence-electron chi connectivity index (χ1n) is 9.49. The van der Waals surface area contributed by atoms with Crippen molar-refractivity contribution in [1.29, 1.82) is 0 Å². The Morgan fingerprint density at radius 3 is 2.15 bits per heavy atom. The number of aromatic nitrogens is 2. The van der Waals surface area contributed by atoms with Crippen LogP contribution < -0.4 is 21.7 Å². The van der Waals surface area contributed by atoms with Crippen molar-refractivity contribution >= 4 is 23.3 Å². The third kappa shape index (κ3) is 7.48. The molecule has 0 unspecified atom stereocenters. The van der Waals surface area contributed by atoms with Crippen LogP contribution in [0.25, 0.3) is 0 Å². The van der Waals surface area contributed by atoms with Crippen LogP contribution >= 0.6 is 0 Å². The number of carbonyl (C=O) groups is 2. The molecule has 0 bridgehead atoms. The largest absolute Gasteiger partial charge is 0.385 e. The van der Waals surface area contributed by atoms with Gasteiger partial charge in [-0.05, 0) is 19.3 Å². The zero-order chi connectivity index (χ0) is 20.1. The standard InChI is InChI=1S/C18H32N6O3/c1-4-9-20-16-14(13(25)7-6-12-27-3)23-17(21-10-5-2)15(24-16)18(26)22-11-8-19/h4-12,19H2,1-3H3,(H,20,24)(H,21,23)(H,22,26). The second kappa shape index (κ2) is 13.0. The van der Waals surface area contributed by atoms with E-state index in [4.69, 9.17) is 10.5 Å². The average Bonchev–Trinajstić information content (AvgIpc) is 2.68. The Bertz CT molecular complexity index is 609. The highest BCUT2D eigenvalue weighted by atomic mass is 16.5. The van der Waals surface area contributed by atoms with Gasteiger partial charge in [0.05, 0.1) is 0 Å². The van der Waals surface area contributed by atoms with E-state index in [0.29, 0.717) is 57.3 Å². The van der Waals surface area contributed by atoms with Gasteiger partial charge in [0.25, 0.3) is 5.91 Å². The monoisotopic (exact) mass is 380 g/mol. The van der Waals surface area contributed by atoms with Gasteiger partial charge in [0.1, 0.15) is 0 Å². The van der Waals surface area contributed by atoms with Crippen molar-refractivity contribution in [2.24, 2.45) is 5.73 Å². The van der Waals surface area contributed by atoms with Gasteiger partial charge in [-0.15, -0.1) is 0 Å². The summed E-state index contributed by atoms with van der Waals surface area (Å²) in [5.41, 5.74) is 5.86. The Labute approximate surface area is 160 Å². The molecule has 5 N–H and O–H groups in total. The van der Waals surface area contributed by atoms with E-state index in [0.717, 1.165) is 12.8 Å². The van der Waals surface area contributed by atoms with Crippen LogP contribution in [0.5, 0.6) is 0 Å². The van der Waals surface area contributed by atoms with Crippen molar-refractivity contribution in [3.05, 3.63) is 11.4 Å². The molecule has 0 spiro atoms. The van der Waals surface area contributed by atoms with Crippen LogP contribution in [0.2, 0.25) is 0 Å². The normalized spacial score (nSPS) is 10.5. The van der Waals surface area contributed by atoms with Gasteiger partial charge in [-0.25, -0.2) is 9.97 Å². The number of nitrogens with two attached hydrogens (primary N) is 1. The predicted molar refractivity (Wildman–Crippen MR) is 106 cm³/mol. The van der Waals surface area contributed by atoms with Crippen molar-refractivity contribution < 1.29 is 14.3 Å². The number of ketones is 1. The van der Waals surface area contributed by atoms with Crippen molar-refractivity contribution in [3.8, 4) is 0 Å². The van der Waals surface area contributed by atoms with Crippen LogP contribution in [-0.2, 0) is 4.74 Å². The molecule has 152 valence electrons. The molecule has 1 heterocycles. The zero-order valence-electron chi connectivity index (χ0n) is 16.6. The van der Waals surface area contributed by atoms with Crippen LogP contribution in [-0.4, -0.2) is 61.6 Å². The summed E-state index contributed by atoms with van der Waals surface area (Å²) >= 11 is 0. The maximum absolute atomic E-state index is 12.6. The van der Waals surface area contributed by atoms with Crippen molar-refractivity contribution in [3.63, 3.8) is 0 Å². The van der Waals surface area contributed by atoms with Crippen LogP contribution in [0.15, 0.2) is 0 Å². The highest BCUT2D eigenvalue weighted by Crippen LogP contribution is 2.20. The molecule has 0 aromatic carbocycles. The lowest BCUT2D eigenvalue weighted by atomic mass is 10.1. The van der Waals surface area contributed by atoms with Crippen molar-refractivity contribution in [2.45, 2.75) is 39.5 Å². The third-order valence-electron chi connectivity index (χ3n) is 3.64. The number of ether oxygens (including phenoxy) is 1. The van der Waals surface area contributed by atoms with E-state index in [9.17, 15) is 9.59 Å². The Morgan fingerprint density at radius 1 is 1.00 bits per heavy atom. The van der Waals surface area contributed by atoms with Crippen molar-refractivity contribution in [2.75, 3.05) is 50.5 Å². The minimum absolute atomic E-state index is 0.133. The lowest BCUT2D eigenvalue weighted by Crippen LogP contribution is -2.31. The van der Waals surface area contributed by atoms with E-state index in [1.54, 1.807) is 7.11 Å². The molecular formula is C18H32N6O3. The number of nitrogens with zero attached hydrogens (tertiary/aromatic N) is 2. The molecule has 27 heavy (non-hydrogen) atoms. The van der Waals surface area contributed by atoms with Gasteiger partial charge in [0.15, 0.2) is 28.8 Å². The third-order valence-corrected chi connectivity index (χ3v) is 3.64. The molecule has 1 amide bonds. The summed E-state index contributed by atoms with van der Waals surface area (Å²) in [6.07, 6.45) is 2.60. The number of hydrogen-bond acceptors (Lipinski definition) is 8. The predicted octanol–water partition coefficient (Wildman–Crippen LogP) is 1.42. The van der Waals surface area contributed by atoms with E-state index in [1.807, 2.05) is 13.8 Å². The van der Waals surface area contributed by atoms with Gasteiger partial charge in [-0.1, -0.05) is 13.8 Å². The van der Waals surface area contributed by atoms with E-state index >= 15 is 0 Å². The fraction of sp³-hybridized carbons (Fsp3) is 0.667. The van der Waals surface area contributed by atoms with E-state index < -0.39 is 0 Å². The fourth-order valence-corrected chi connectivity index (χ4v) is 2.29. The molecular weight excluding hydrogens is 348 g/mol. The van der Waals surface area contributed by atoms with Gasteiger partial charge >= 0.3 is 0 Å². The summed E-state index contributed by atoms with van der Waals surface area (Å²) in [7, 11) is 1.60. The first kappa shape index (κ1) is 22.8. The second-order valence-electron chi connectivity index (χ2n) is 6.04. The fourth-order valence-electron chi connectivity index (χ4n) is 2.29. The first-order chi connectivity index (χ1) is 13.1. The molecule has 9 heteroatoms. The zero-order valence-corrected chi connectivity index (χ0v) is 16.6. The summed E-state index contributed by atoms with van der Waals surface area (Å²) in [6, 6.07) is 0. The quantitative estimate of drug-likeness (QED) is 0.281. The number of carbonyl (C=O) groups excluding carboxylic acids is 2. The molecule has 1 aromatic heterocycles. The summed E-state index contributed by atoms with van der Waals surface area (Å²) < 4.78 is 5.01. The maximum atomic E-state index is 12.6. The van der Waals surface area contributed by atoms with E-state index in [1.165, 1.54) is 0 Å². The van der Waals surface area contributed by atoms with Crippen LogP contribution in [0.1, 0.15) is 60.5 Å². The Morgan fingerprint density at radius 2 is 1.59 bits per heavy atom. The molecule has 0 fully saturated rings. The number of anilines is 2. The smallest absolute Gasteiger partial charge is 0.273 e. The van der Waals surface area contributed by atoms with Gasteiger partial charge < -0.3 is 26.4 Å². The van der Waals surface area contributed by atoms with Gasteiger partial charge in [-0.3, -0.25) is 9.59 Å². The number of rotatable bonds is 14. The average molecular weight is 380 g/mol. The molecule has 0 aliphatic carbocycles. The Kier molecular flexibility index (Phi) is 11.0. The molecule has 0 aliphatic heterocycles. The van der Waals surface area contributed by atoms with Crippen LogP contribution in [0.4, 0.5) is 11.6 Å². The van der Waals surface area contributed by atoms with E-state index in [-0.39, 0.29) is 23.1 Å². The molecule has 0 atom stereocenters. The highest BCUT2D eigenvalue weighted by Gasteiger charge is 2.22. The SMILES string of the molecule is CCCNc1nc(C(=O)NCCN)c(NCCC)nc1C(=O)CCCOC. The van der Waals surface area contributed by atoms with Gasteiger partial charge in [0, 0.05) is 46.3 Å². The molecule has 0 aliphatic rings. The first-order valence-corrected chi connectivity index (χ1v) is 9.49. The number of nitrogens with one attached hydrogen (secondary N) is 3. The van der Waals surface area contributed by atoms with Crippen molar-refractivity contribution in [1.82, 2.24) is 15.3 Å². The topological polar surface area (TPSA) is 131 Å². The lowest BCUT2D eigenvalue weighted by molar-refractivity contribution is 0.0940. The van der Waals surface area contributed by atoms with Gasteiger partial charge in [0.2, 0.25) is 0 Å². The summed E-state index contributed by atoms with van der Waals surface area (Å²) in [4.78, 5) is 34.0. The molecule has 1 rings (SSSR count). The maximum Gasteiger partial charge on any atom is 0.273 e. The minimum Gasteiger partial charge on any atom is -0.385 e. The van der Waals surface area contributed by atoms with E-state index in [2.05, 4.69) is 25.9 Å². The molecule has 0 saturated heterocycles. The summed E-state index contributed by atoms with van der Waals surface area (Å²) in [6.45, 7) is 6.41. The van der Waals surface area contributed by atoms with Crippen LogP contribution in [0.3, 0.4) is 0 Å². The number of hydrogen-bond donors (Lipinski definition) is 4. The number of Topliss-reactive ketones (excluding diaryl/α,β-unsaturated/α-hetero) is 1. The highest BCUT2D eigenvalue weighted by molar-refractivity contribution is 6.02. The molecule has 0 radical (unpaired) electrons. The Hall–Kier alpha value is -2.26. The molecule has 9 nitrogen and oxygen atoms in total. The summed E-state index contributed by atoms with van der Waals surface area (Å²) in [5.74, 6) is 0.138. The van der Waals surface area contributed by atoms with Gasteiger partial charge in [-0.2, -0.15) is 0 Å². The lowest BCUT2D eigenvalue weighted by Gasteiger charge is -2.15. The second-order valence-corrected chi connectivity index (χ2v) is 6.04. The minimum atomic E-state index is -0.371. The number of amides is 1. The summed E-state index contributed by atoms with van der Waals surface area (Å²) in [5, 5.41) is 8.91. The number of methoxy groups -OCH3 is 1.